The Morgan fingerprint density at radius 3 is 1.64 bits per heavy atom. The minimum atomic E-state index is 0.154. The summed E-state index contributed by atoms with van der Waals surface area (Å²) in [7, 11) is 0. The molecule has 0 aromatic heterocycles. The Morgan fingerprint density at radius 1 is 0.786 bits per heavy atom. The van der Waals surface area contributed by atoms with Gasteiger partial charge in [0.05, 0.1) is 0 Å². The Balaban J connectivity index is 1.86. The molecule has 3 aliphatic carbocycles. The summed E-state index contributed by atoms with van der Waals surface area (Å²) in [4.78, 5) is 23.4. The van der Waals surface area contributed by atoms with Crippen LogP contribution in [0.15, 0.2) is 0 Å². The number of Topliss-reactive ketones (excluding diaryl/α,β-unsaturated/α-hetero) is 2. The lowest BCUT2D eigenvalue weighted by Gasteiger charge is -2.55. The monoisotopic (exact) mass is 192 g/mol. The average molecular weight is 192 g/mol. The Bertz CT molecular complexity index is 265. The molecule has 3 fully saturated rings. The Labute approximate surface area is 84.1 Å². The van der Waals surface area contributed by atoms with E-state index in [2.05, 4.69) is 0 Å². The highest BCUT2D eigenvalue weighted by molar-refractivity contribution is 5.93. The summed E-state index contributed by atoms with van der Waals surface area (Å²) in [5.41, 5.74) is 0. The van der Waals surface area contributed by atoms with Crippen LogP contribution in [0.4, 0.5) is 0 Å². The highest BCUT2D eigenvalue weighted by Crippen LogP contribution is 2.56. The average Bonchev–Trinajstić information content (AvgIpc) is 2.14. The molecule has 0 aromatic rings. The third-order valence-corrected chi connectivity index (χ3v) is 4.52. The summed E-state index contributed by atoms with van der Waals surface area (Å²) in [6.45, 7) is 0. The molecule has 2 heteroatoms. The predicted octanol–water partition coefficient (Wildman–Crippen LogP) is 1.97. The van der Waals surface area contributed by atoms with Gasteiger partial charge in [0.1, 0.15) is 11.6 Å². The van der Waals surface area contributed by atoms with Crippen LogP contribution >= 0.6 is 0 Å². The van der Waals surface area contributed by atoms with E-state index < -0.39 is 0 Å². The summed E-state index contributed by atoms with van der Waals surface area (Å²) in [6, 6.07) is 0. The summed E-state index contributed by atoms with van der Waals surface area (Å²) in [5, 5.41) is 0. The highest BCUT2D eigenvalue weighted by atomic mass is 16.1. The van der Waals surface area contributed by atoms with Crippen LogP contribution in [-0.2, 0) is 9.59 Å². The number of fused-ring (bicyclic) bond motifs is 4. The van der Waals surface area contributed by atoms with Crippen LogP contribution in [0.1, 0.15) is 38.5 Å². The van der Waals surface area contributed by atoms with Crippen molar-refractivity contribution in [3.8, 4) is 0 Å². The first-order chi connectivity index (χ1) is 6.79. The maximum absolute atomic E-state index is 11.7. The van der Waals surface area contributed by atoms with Gasteiger partial charge >= 0.3 is 0 Å². The molecule has 3 rings (SSSR count). The normalized spacial score (nSPS) is 46.6. The molecule has 3 saturated carbocycles. The van der Waals surface area contributed by atoms with Gasteiger partial charge < -0.3 is 0 Å². The van der Waals surface area contributed by atoms with E-state index >= 15 is 0 Å². The van der Waals surface area contributed by atoms with Gasteiger partial charge in [-0.1, -0.05) is 0 Å². The standard InChI is InChI=1S/C12H16O2/c13-9-5-1-3-7-8-4-2-6-10(14)12(8)11(7)9/h7-8,11-12H,1-6H2/t7-,8-,11+,12+/m0/s1. The maximum Gasteiger partial charge on any atom is 0.136 e. The summed E-state index contributed by atoms with van der Waals surface area (Å²) in [5.74, 6) is 2.26. The number of carbonyl (C=O) groups is 2. The fourth-order valence-corrected chi connectivity index (χ4v) is 3.94. The van der Waals surface area contributed by atoms with Crippen molar-refractivity contribution in [3.05, 3.63) is 0 Å². The van der Waals surface area contributed by atoms with E-state index in [1.165, 1.54) is 12.8 Å². The van der Waals surface area contributed by atoms with Crippen molar-refractivity contribution in [2.45, 2.75) is 38.5 Å². The second kappa shape index (κ2) is 2.91. The van der Waals surface area contributed by atoms with Crippen LogP contribution < -0.4 is 0 Å². The molecule has 0 heterocycles. The fraction of sp³-hybridized carbons (Fsp3) is 0.833. The second-order valence-electron chi connectivity index (χ2n) is 5.10. The first-order valence-electron chi connectivity index (χ1n) is 5.84. The lowest BCUT2D eigenvalue weighted by Crippen LogP contribution is -2.57. The Hall–Kier alpha value is -0.660. The first-order valence-corrected chi connectivity index (χ1v) is 5.84. The number of ketones is 2. The molecule has 76 valence electrons. The highest BCUT2D eigenvalue weighted by Gasteiger charge is 2.57. The molecule has 0 spiro atoms. The van der Waals surface area contributed by atoms with E-state index in [4.69, 9.17) is 0 Å². The molecule has 3 aliphatic rings. The largest absolute Gasteiger partial charge is 0.299 e. The third-order valence-electron chi connectivity index (χ3n) is 4.52. The van der Waals surface area contributed by atoms with Gasteiger partial charge in [-0.2, -0.15) is 0 Å². The maximum atomic E-state index is 11.7. The smallest absolute Gasteiger partial charge is 0.136 e. The van der Waals surface area contributed by atoms with Gasteiger partial charge in [-0.25, -0.2) is 0 Å². The van der Waals surface area contributed by atoms with Crippen molar-refractivity contribution in [1.82, 2.24) is 0 Å². The van der Waals surface area contributed by atoms with E-state index in [0.29, 0.717) is 23.4 Å². The van der Waals surface area contributed by atoms with Crippen LogP contribution in [-0.4, -0.2) is 11.6 Å². The van der Waals surface area contributed by atoms with Gasteiger partial charge in [0.25, 0.3) is 0 Å². The number of hydrogen-bond donors (Lipinski definition) is 0. The van der Waals surface area contributed by atoms with E-state index in [9.17, 15) is 9.59 Å². The topological polar surface area (TPSA) is 34.1 Å². The lowest BCUT2D eigenvalue weighted by molar-refractivity contribution is -0.160. The summed E-state index contributed by atoms with van der Waals surface area (Å²) in [6.07, 6.45) is 6.00. The Morgan fingerprint density at radius 2 is 1.21 bits per heavy atom. The second-order valence-corrected chi connectivity index (χ2v) is 5.10. The minimum Gasteiger partial charge on any atom is -0.299 e. The van der Waals surface area contributed by atoms with Crippen molar-refractivity contribution < 1.29 is 9.59 Å². The molecular weight excluding hydrogens is 176 g/mol. The molecule has 2 nitrogen and oxygen atoms in total. The van der Waals surface area contributed by atoms with Crippen molar-refractivity contribution in [3.63, 3.8) is 0 Å². The van der Waals surface area contributed by atoms with Crippen molar-refractivity contribution in [2.24, 2.45) is 23.7 Å². The summed E-state index contributed by atoms with van der Waals surface area (Å²) < 4.78 is 0. The summed E-state index contributed by atoms with van der Waals surface area (Å²) >= 11 is 0. The van der Waals surface area contributed by atoms with Crippen molar-refractivity contribution in [2.75, 3.05) is 0 Å². The molecule has 0 radical (unpaired) electrons. The molecule has 4 atom stereocenters. The third kappa shape index (κ3) is 0.971. The zero-order chi connectivity index (χ0) is 9.71. The number of hydrogen-bond acceptors (Lipinski definition) is 2. The molecule has 0 amide bonds. The van der Waals surface area contributed by atoms with Crippen molar-refractivity contribution in [1.29, 1.82) is 0 Å². The van der Waals surface area contributed by atoms with Gasteiger partial charge in [-0.3, -0.25) is 9.59 Å². The minimum absolute atomic E-state index is 0.154. The first kappa shape index (κ1) is 8.63. The molecule has 0 saturated heterocycles. The molecule has 0 aromatic carbocycles. The van der Waals surface area contributed by atoms with E-state index in [-0.39, 0.29) is 11.8 Å². The molecular formula is C12H16O2. The van der Waals surface area contributed by atoms with Gasteiger partial charge in [0.2, 0.25) is 0 Å². The van der Waals surface area contributed by atoms with Crippen LogP contribution in [0.3, 0.4) is 0 Å². The molecule has 14 heavy (non-hydrogen) atoms. The van der Waals surface area contributed by atoms with Gasteiger partial charge in [0.15, 0.2) is 0 Å². The van der Waals surface area contributed by atoms with Crippen LogP contribution in [0.5, 0.6) is 0 Å². The molecule has 0 aliphatic heterocycles. The number of rotatable bonds is 0. The number of carbonyl (C=O) groups excluding carboxylic acids is 2. The zero-order valence-corrected chi connectivity index (χ0v) is 8.37. The molecule has 0 N–H and O–H groups in total. The van der Waals surface area contributed by atoms with Crippen LogP contribution in [0.2, 0.25) is 0 Å². The van der Waals surface area contributed by atoms with Crippen molar-refractivity contribution >= 4 is 11.6 Å². The van der Waals surface area contributed by atoms with E-state index in [1.54, 1.807) is 0 Å². The van der Waals surface area contributed by atoms with E-state index in [1.807, 2.05) is 0 Å². The molecule has 0 unspecified atom stereocenters. The van der Waals surface area contributed by atoms with Gasteiger partial charge in [0, 0.05) is 24.7 Å². The van der Waals surface area contributed by atoms with Gasteiger partial charge in [-0.05, 0) is 37.5 Å². The van der Waals surface area contributed by atoms with Crippen LogP contribution in [0.25, 0.3) is 0 Å². The SMILES string of the molecule is O=C1CCC[C@H]2[C@@H]3CCCC(=O)[C@@H]3[C@@H]12. The lowest BCUT2D eigenvalue weighted by atomic mass is 9.47. The predicted molar refractivity (Wildman–Crippen MR) is 51.7 cm³/mol. The van der Waals surface area contributed by atoms with Crippen LogP contribution in [0, 0.1) is 23.7 Å². The zero-order valence-electron chi connectivity index (χ0n) is 8.37. The quantitative estimate of drug-likeness (QED) is 0.588. The fourth-order valence-electron chi connectivity index (χ4n) is 3.94. The van der Waals surface area contributed by atoms with Gasteiger partial charge in [-0.15, -0.1) is 0 Å². The molecule has 0 bridgehead atoms. The van der Waals surface area contributed by atoms with E-state index in [0.717, 1.165) is 25.7 Å². The Kier molecular flexibility index (Phi) is 1.80.